The van der Waals surface area contributed by atoms with Crippen molar-refractivity contribution in [3.05, 3.63) is 0 Å². The molecule has 0 saturated heterocycles. The summed E-state index contributed by atoms with van der Waals surface area (Å²) in [5, 5.41) is 2.90. The summed E-state index contributed by atoms with van der Waals surface area (Å²) in [6.45, 7) is 3.55. The number of hydrogen-bond acceptors (Lipinski definition) is 1. The van der Waals surface area contributed by atoms with E-state index in [1.807, 2.05) is 6.92 Å². The molecule has 0 aromatic rings. The van der Waals surface area contributed by atoms with E-state index in [0.29, 0.717) is 0 Å². The van der Waals surface area contributed by atoms with Crippen LogP contribution in [0.4, 0.5) is 0 Å². The lowest BCUT2D eigenvalue weighted by Gasteiger charge is -2.36. The number of carbonyl (C=O) groups is 1. The third kappa shape index (κ3) is 2.37. The highest BCUT2D eigenvalue weighted by molar-refractivity contribution is 6.24. The molecule has 1 rings (SSSR count). The first-order chi connectivity index (χ1) is 5.52. The van der Waals surface area contributed by atoms with Gasteiger partial charge in [-0.05, 0) is 19.8 Å². The fourth-order valence-electron chi connectivity index (χ4n) is 1.76. The maximum absolute atomic E-state index is 10.8. The van der Waals surface area contributed by atoms with Gasteiger partial charge in [-0.15, -0.1) is 11.6 Å². The summed E-state index contributed by atoms with van der Waals surface area (Å²) in [6.07, 6.45) is 4.36. The molecule has 12 heavy (non-hydrogen) atoms. The van der Waals surface area contributed by atoms with Gasteiger partial charge >= 0.3 is 0 Å². The smallest absolute Gasteiger partial charge is 0.217 e. The van der Waals surface area contributed by atoms with Crippen molar-refractivity contribution in [2.24, 2.45) is 0 Å². The second-order valence-corrected chi connectivity index (χ2v) is 4.64. The molecule has 1 aliphatic rings. The summed E-state index contributed by atoms with van der Waals surface area (Å²) in [6, 6.07) is 0.158. The van der Waals surface area contributed by atoms with Gasteiger partial charge in [-0.3, -0.25) is 4.79 Å². The lowest BCUT2D eigenvalue weighted by atomic mass is 9.85. The van der Waals surface area contributed by atoms with E-state index >= 15 is 0 Å². The molecule has 0 bridgehead atoms. The van der Waals surface area contributed by atoms with E-state index in [2.05, 4.69) is 5.32 Å². The zero-order valence-corrected chi connectivity index (χ0v) is 8.45. The average Bonchev–Trinajstić information content (AvgIpc) is 1.92. The zero-order chi connectivity index (χ0) is 9.19. The Morgan fingerprint density at radius 3 is 2.75 bits per heavy atom. The molecule has 1 aliphatic carbocycles. The maximum Gasteiger partial charge on any atom is 0.217 e. The number of halogens is 1. The van der Waals surface area contributed by atoms with Gasteiger partial charge in [-0.2, -0.15) is 0 Å². The van der Waals surface area contributed by atoms with Crippen molar-refractivity contribution >= 4 is 17.5 Å². The van der Waals surface area contributed by atoms with Crippen molar-refractivity contribution in [2.45, 2.75) is 50.4 Å². The van der Waals surface area contributed by atoms with Crippen LogP contribution in [0.2, 0.25) is 0 Å². The Labute approximate surface area is 78.7 Å². The van der Waals surface area contributed by atoms with Crippen molar-refractivity contribution in [1.82, 2.24) is 5.32 Å². The standard InChI is InChI=1S/C9H16ClNO/c1-7(12)11-8-5-3-4-6-9(8,2)10/h8H,3-6H2,1-2H3,(H,11,12)/t8-,9+/m0/s1. The molecule has 2 nitrogen and oxygen atoms in total. The highest BCUT2D eigenvalue weighted by Crippen LogP contribution is 2.33. The van der Waals surface area contributed by atoms with Crippen LogP contribution in [0.1, 0.15) is 39.5 Å². The largest absolute Gasteiger partial charge is 0.352 e. The topological polar surface area (TPSA) is 29.1 Å². The summed E-state index contributed by atoms with van der Waals surface area (Å²) >= 11 is 6.27. The summed E-state index contributed by atoms with van der Waals surface area (Å²) in [5.41, 5.74) is 0. The summed E-state index contributed by atoms with van der Waals surface area (Å²) in [5.74, 6) is 0.0220. The highest BCUT2D eigenvalue weighted by Gasteiger charge is 2.34. The summed E-state index contributed by atoms with van der Waals surface area (Å²) in [7, 11) is 0. The Bertz CT molecular complexity index is 179. The minimum absolute atomic E-state index is 0.0220. The van der Waals surface area contributed by atoms with Crippen molar-refractivity contribution < 1.29 is 4.79 Å². The molecular formula is C9H16ClNO. The predicted octanol–water partition coefficient (Wildman–Crippen LogP) is 2.06. The van der Waals surface area contributed by atoms with Crippen molar-refractivity contribution in [3.8, 4) is 0 Å². The zero-order valence-electron chi connectivity index (χ0n) is 7.69. The van der Waals surface area contributed by atoms with Gasteiger partial charge in [-0.25, -0.2) is 0 Å². The van der Waals surface area contributed by atoms with Gasteiger partial charge in [0.05, 0.1) is 4.87 Å². The van der Waals surface area contributed by atoms with E-state index in [1.54, 1.807) is 6.92 Å². The Balaban J connectivity index is 2.54. The second-order valence-electron chi connectivity index (χ2n) is 3.78. The second kappa shape index (κ2) is 3.65. The molecule has 1 fully saturated rings. The maximum atomic E-state index is 10.8. The fourth-order valence-corrected chi connectivity index (χ4v) is 2.06. The van der Waals surface area contributed by atoms with Crippen molar-refractivity contribution in [3.63, 3.8) is 0 Å². The molecule has 2 atom stereocenters. The van der Waals surface area contributed by atoms with Gasteiger partial charge in [0.25, 0.3) is 0 Å². The Hall–Kier alpha value is -0.240. The first-order valence-corrected chi connectivity index (χ1v) is 4.86. The normalized spacial score (nSPS) is 36.1. The van der Waals surface area contributed by atoms with Gasteiger partial charge in [0.15, 0.2) is 0 Å². The minimum Gasteiger partial charge on any atom is -0.352 e. The Kier molecular flexibility index (Phi) is 2.99. The van der Waals surface area contributed by atoms with Crippen LogP contribution in [0, 0.1) is 0 Å². The number of alkyl halides is 1. The first-order valence-electron chi connectivity index (χ1n) is 4.48. The third-order valence-electron chi connectivity index (χ3n) is 2.51. The number of rotatable bonds is 1. The average molecular weight is 190 g/mol. The molecule has 0 aromatic carbocycles. The van der Waals surface area contributed by atoms with E-state index < -0.39 is 0 Å². The number of amides is 1. The Morgan fingerprint density at radius 1 is 1.58 bits per heavy atom. The summed E-state index contributed by atoms with van der Waals surface area (Å²) < 4.78 is 0. The first kappa shape index (κ1) is 9.85. The number of nitrogens with one attached hydrogen (secondary N) is 1. The van der Waals surface area contributed by atoms with Crippen LogP contribution in [-0.2, 0) is 4.79 Å². The lowest BCUT2D eigenvalue weighted by Crippen LogP contribution is -2.48. The number of carbonyl (C=O) groups excluding carboxylic acids is 1. The van der Waals surface area contributed by atoms with Gasteiger partial charge in [0, 0.05) is 13.0 Å². The van der Waals surface area contributed by atoms with Gasteiger partial charge in [-0.1, -0.05) is 12.8 Å². The van der Waals surface area contributed by atoms with E-state index in [-0.39, 0.29) is 16.8 Å². The van der Waals surface area contributed by atoms with Gasteiger partial charge in [0.1, 0.15) is 0 Å². The molecule has 0 spiro atoms. The predicted molar refractivity (Wildman–Crippen MR) is 50.3 cm³/mol. The minimum atomic E-state index is -0.232. The molecule has 0 aliphatic heterocycles. The molecule has 0 unspecified atom stereocenters. The van der Waals surface area contributed by atoms with Crippen LogP contribution in [0.25, 0.3) is 0 Å². The van der Waals surface area contributed by atoms with E-state index in [1.165, 1.54) is 12.8 Å². The van der Waals surface area contributed by atoms with Crippen LogP contribution in [0.5, 0.6) is 0 Å². The molecule has 0 heterocycles. The van der Waals surface area contributed by atoms with Gasteiger partial charge < -0.3 is 5.32 Å². The van der Waals surface area contributed by atoms with Crippen LogP contribution >= 0.6 is 11.6 Å². The Morgan fingerprint density at radius 2 is 2.25 bits per heavy atom. The highest BCUT2D eigenvalue weighted by atomic mass is 35.5. The molecule has 3 heteroatoms. The van der Waals surface area contributed by atoms with Crippen LogP contribution in [0.3, 0.4) is 0 Å². The molecule has 0 radical (unpaired) electrons. The van der Waals surface area contributed by atoms with E-state index in [4.69, 9.17) is 11.6 Å². The molecular weight excluding hydrogens is 174 g/mol. The third-order valence-corrected chi connectivity index (χ3v) is 2.96. The van der Waals surface area contributed by atoms with E-state index in [0.717, 1.165) is 12.8 Å². The monoisotopic (exact) mass is 189 g/mol. The lowest BCUT2D eigenvalue weighted by molar-refractivity contribution is -0.120. The molecule has 0 aromatic heterocycles. The fraction of sp³-hybridized carbons (Fsp3) is 0.889. The summed E-state index contributed by atoms with van der Waals surface area (Å²) in [4.78, 5) is 10.6. The van der Waals surface area contributed by atoms with Crippen LogP contribution < -0.4 is 5.32 Å². The quantitative estimate of drug-likeness (QED) is 0.629. The van der Waals surface area contributed by atoms with Crippen LogP contribution in [-0.4, -0.2) is 16.8 Å². The van der Waals surface area contributed by atoms with Gasteiger partial charge in [0.2, 0.25) is 5.91 Å². The van der Waals surface area contributed by atoms with Crippen LogP contribution in [0.15, 0.2) is 0 Å². The SMILES string of the molecule is CC(=O)N[C@H]1CCCC[C@@]1(C)Cl. The molecule has 70 valence electrons. The van der Waals surface area contributed by atoms with E-state index in [9.17, 15) is 4.79 Å². The molecule has 1 N–H and O–H groups in total. The van der Waals surface area contributed by atoms with Crippen molar-refractivity contribution in [1.29, 1.82) is 0 Å². The molecule has 1 saturated carbocycles. The molecule has 1 amide bonds. The van der Waals surface area contributed by atoms with Crippen molar-refractivity contribution in [2.75, 3.05) is 0 Å². The number of hydrogen-bond donors (Lipinski definition) is 1.